The van der Waals surface area contributed by atoms with Crippen molar-refractivity contribution in [1.29, 1.82) is 0 Å². The summed E-state index contributed by atoms with van der Waals surface area (Å²) < 4.78 is 11.8. The van der Waals surface area contributed by atoms with Gasteiger partial charge in [0.15, 0.2) is 5.96 Å². The van der Waals surface area contributed by atoms with Crippen molar-refractivity contribution in [2.24, 2.45) is 22.7 Å². The van der Waals surface area contributed by atoms with E-state index in [0.29, 0.717) is 0 Å². The Balaban J connectivity index is 1.38. The lowest BCUT2D eigenvalue weighted by molar-refractivity contribution is -0.0817. The van der Waals surface area contributed by atoms with Crippen LogP contribution in [0.15, 0.2) is 4.99 Å². The predicted octanol–water partition coefficient (Wildman–Crippen LogP) is 2.27. The van der Waals surface area contributed by atoms with Gasteiger partial charge in [-0.25, -0.2) is 0 Å². The number of hydrogen-bond donors (Lipinski definition) is 1. The molecule has 2 saturated carbocycles. The number of rotatable bonds is 6. The third-order valence-electron chi connectivity index (χ3n) is 6.01. The molecule has 136 valence electrons. The topological polar surface area (TPSA) is 46.1 Å². The molecule has 0 amide bonds. The molecular weight excluding hydrogens is 302 g/mol. The Morgan fingerprint density at radius 2 is 1.83 bits per heavy atom. The molecule has 4 aliphatic rings. The Kier molecular flexibility index (Phi) is 5.28. The Morgan fingerprint density at radius 1 is 1.08 bits per heavy atom. The average molecular weight is 335 g/mol. The Labute approximate surface area is 146 Å². The molecule has 0 aromatic rings. The first-order chi connectivity index (χ1) is 11.8. The van der Waals surface area contributed by atoms with E-state index in [4.69, 9.17) is 14.5 Å². The van der Waals surface area contributed by atoms with Gasteiger partial charge >= 0.3 is 0 Å². The molecule has 5 nitrogen and oxygen atoms in total. The maximum absolute atomic E-state index is 5.99. The van der Waals surface area contributed by atoms with Crippen LogP contribution < -0.4 is 5.32 Å². The fraction of sp³-hybridized carbons (Fsp3) is 0.947. The van der Waals surface area contributed by atoms with Crippen LogP contribution >= 0.6 is 0 Å². The predicted molar refractivity (Wildman–Crippen MR) is 95.2 cm³/mol. The van der Waals surface area contributed by atoms with Gasteiger partial charge in [0.05, 0.1) is 12.7 Å². The summed E-state index contributed by atoms with van der Waals surface area (Å²) in [5, 5.41) is 3.52. The summed E-state index contributed by atoms with van der Waals surface area (Å²) in [7, 11) is 0. The summed E-state index contributed by atoms with van der Waals surface area (Å²) in [4.78, 5) is 7.46. The van der Waals surface area contributed by atoms with Crippen LogP contribution in [0.1, 0.15) is 45.4 Å². The van der Waals surface area contributed by atoms with Gasteiger partial charge in [-0.1, -0.05) is 0 Å². The molecule has 24 heavy (non-hydrogen) atoms. The lowest BCUT2D eigenvalue weighted by Crippen LogP contribution is -2.53. The largest absolute Gasteiger partial charge is 0.375 e. The summed E-state index contributed by atoms with van der Waals surface area (Å²) in [6.07, 6.45) is 8.53. The van der Waals surface area contributed by atoms with Crippen LogP contribution in [0, 0.1) is 17.8 Å². The van der Waals surface area contributed by atoms with E-state index < -0.39 is 0 Å². The van der Waals surface area contributed by atoms with Gasteiger partial charge in [-0.3, -0.25) is 4.99 Å². The van der Waals surface area contributed by atoms with Gasteiger partial charge in [0, 0.05) is 32.8 Å². The van der Waals surface area contributed by atoms with Crippen molar-refractivity contribution in [3.8, 4) is 0 Å². The first-order valence-electron chi connectivity index (χ1n) is 10.1. The van der Waals surface area contributed by atoms with Gasteiger partial charge in [-0.15, -0.1) is 0 Å². The van der Waals surface area contributed by atoms with Crippen molar-refractivity contribution < 1.29 is 9.47 Å². The van der Waals surface area contributed by atoms with Crippen molar-refractivity contribution in [2.45, 2.75) is 57.7 Å². The van der Waals surface area contributed by atoms with E-state index in [2.05, 4.69) is 17.1 Å². The van der Waals surface area contributed by atoms with Crippen molar-refractivity contribution in [2.75, 3.05) is 39.4 Å². The highest BCUT2D eigenvalue weighted by atomic mass is 16.5. The Bertz CT molecular complexity index is 430. The molecule has 0 spiro atoms. The van der Waals surface area contributed by atoms with Gasteiger partial charge in [0.25, 0.3) is 0 Å². The number of guanidine groups is 1. The fourth-order valence-electron chi connectivity index (χ4n) is 4.34. The Hall–Kier alpha value is -0.810. The van der Waals surface area contributed by atoms with Crippen LogP contribution in [-0.2, 0) is 9.47 Å². The van der Waals surface area contributed by atoms with Crippen LogP contribution in [-0.4, -0.2) is 62.5 Å². The fourth-order valence-corrected chi connectivity index (χ4v) is 4.34. The molecule has 5 heteroatoms. The van der Waals surface area contributed by atoms with Crippen molar-refractivity contribution >= 4 is 5.96 Å². The summed E-state index contributed by atoms with van der Waals surface area (Å²) in [5.74, 6) is 3.87. The van der Waals surface area contributed by atoms with E-state index >= 15 is 0 Å². The lowest BCUT2D eigenvalue weighted by atomic mass is 9.98. The van der Waals surface area contributed by atoms with Crippen LogP contribution in [0.5, 0.6) is 0 Å². The molecule has 0 radical (unpaired) electrons. The smallest absolute Gasteiger partial charge is 0.194 e. The molecule has 4 fully saturated rings. The second kappa shape index (κ2) is 7.61. The highest BCUT2D eigenvalue weighted by Gasteiger charge is 2.41. The highest BCUT2D eigenvalue weighted by molar-refractivity contribution is 5.80. The van der Waals surface area contributed by atoms with Crippen LogP contribution in [0.3, 0.4) is 0 Å². The third-order valence-corrected chi connectivity index (χ3v) is 6.01. The molecular formula is C19H33N3O2. The summed E-state index contributed by atoms with van der Waals surface area (Å²) in [6.45, 7) is 7.62. The van der Waals surface area contributed by atoms with Gasteiger partial charge < -0.3 is 19.7 Å². The lowest BCUT2D eigenvalue weighted by Gasteiger charge is -2.37. The van der Waals surface area contributed by atoms with E-state index in [1.54, 1.807) is 0 Å². The number of hydrogen-bond acceptors (Lipinski definition) is 3. The molecule has 0 aromatic heterocycles. The number of ether oxygens (including phenoxy) is 2. The average Bonchev–Trinajstić information content (AvgIpc) is 3.55. The minimum absolute atomic E-state index is 0.202. The molecule has 2 aliphatic carbocycles. The zero-order valence-electron chi connectivity index (χ0n) is 15.1. The van der Waals surface area contributed by atoms with Gasteiger partial charge in [-0.2, -0.15) is 0 Å². The van der Waals surface area contributed by atoms with Gasteiger partial charge in [-0.05, 0) is 63.2 Å². The van der Waals surface area contributed by atoms with Gasteiger partial charge in [0.2, 0.25) is 0 Å². The molecule has 2 aliphatic heterocycles. The highest BCUT2D eigenvalue weighted by Crippen LogP contribution is 2.49. The molecule has 2 unspecified atom stereocenters. The molecule has 0 bridgehead atoms. The van der Waals surface area contributed by atoms with Crippen LogP contribution in [0.25, 0.3) is 0 Å². The molecule has 2 saturated heterocycles. The van der Waals surface area contributed by atoms with E-state index in [9.17, 15) is 0 Å². The van der Waals surface area contributed by atoms with Crippen molar-refractivity contribution in [1.82, 2.24) is 10.2 Å². The number of nitrogens with one attached hydrogen (secondary N) is 1. The number of morpholine rings is 1. The minimum Gasteiger partial charge on any atom is -0.375 e. The third kappa shape index (κ3) is 4.05. The van der Waals surface area contributed by atoms with Crippen LogP contribution in [0.4, 0.5) is 0 Å². The summed E-state index contributed by atoms with van der Waals surface area (Å²) >= 11 is 0. The second-order valence-corrected chi connectivity index (χ2v) is 7.94. The first-order valence-corrected chi connectivity index (χ1v) is 10.1. The molecule has 0 aromatic carbocycles. The standard InChI is InChI=1S/C19H33N3O2/c1-2-20-19(21-12-16(14-5-6-14)15-7-8-15)22-9-11-24-18(13-22)17-4-3-10-23-17/h14-18H,2-13H2,1H3,(H,20,21). The minimum atomic E-state index is 0.202. The quantitative estimate of drug-likeness (QED) is 0.597. The molecule has 1 N–H and O–H groups in total. The summed E-state index contributed by atoms with van der Waals surface area (Å²) in [5.41, 5.74) is 0. The maximum Gasteiger partial charge on any atom is 0.194 e. The van der Waals surface area contributed by atoms with E-state index in [1.807, 2.05) is 0 Å². The van der Waals surface area contributed by atoms with Crippen molar-refractivity contribution in [3.63, 3.8) is 0 Å². The number of nitrogens with zero attached hydrogens (tertiary/aromatic N) is 2. The normalized spacial score (nSPS) is 31.8. The summed E-state index contributed by atoms with van der Waals surface area (Å²) in [6, 6.07) is 0. The monoisotopic (exact) mass is 335 g/mol. The van der Waals surface area contributed by atoms with Crippen molar-refractivity contribution in [3.05, 3.63) is 0 Å². The van der Waals surface area contributed by atoms with E-state index in [1.165, 1.54) is 32.1 Å². The maximum atomic E-state index is 5.99. The first kappa shape index (κ1) is 16.6. The van der Waals surface area contributed by atoms with Gasteiger partial charge in [0.1, 0.15) is 6.10 Å². The SMILES string of the molecule is CCNC(=NCC(C1CC1)C1CC1)N1CCOC(C2CCCO2)C1. The molecule has 2 heterocycles. The zero-order chi connectivity index (χ0) is 16.4. The Morgan fingerprint density at radius 3 is 2.46 bits per heavy atom. The zero-order valence-corrected chi connectivity index (χ0v) is 15.1. The molecule has 4 rings (SSSR count). The van der Waals surface area contributed by atoms with E-state index in [0.717, 1.165) is 69.5 Å². The van der Waals surface area contributed by atoms with E-state index in [-0.39, 0.29) is 12.2 Å². The number of aliphatic imine (C=N–C) groups is 1. The molecule has 2 atom stereocenters. The second-order valence-electron chi connectivity index (χ2n) is 7.94. The van der Waals surface area contributed by atoms with Crippen LogP contribution in [0.2, 0.25) is 0 Å².